The maximum atomic E-state index is 13.1. The first-order valence-corrected chi connectivity index (χ1v) is 8.30. The zero-order valence-electron chi connectivity index (χ0n) is 14.1. The molecule has 1 saturated heterocycles. The van der Waals surface area contributed by atoms with Crippen LogP contribution in [0.4, 0.5) is 15.8 Å². The molecule has 134 valence electrons. The second-order valence-corrected chi connectivity index (χ2v) is 6.32. The SMILES string of the molecule is N#Cc1n[nH]c2ccc(NC(=O)C3CC(=O)N(c4ccc(F)cc4)C3)cc12. The topological polar surface area (TPSA) is 102 Å². The van der Waals surface area contributed by atoms with Crippen LogP contribution in [0.2, 0.25) is 0 Å². The second-order valence-electron chi connectivity index (χ2n) is 6.32. The number of fused-ring (bicyclic) bond motifs is 1. The van der Waals surface area contributed by atoms with Gasteiger partial charge in [0, 0.05) is 29.7 Å². The van der Waals surface area contributed by atoms with Gasteiger partial charge in [0.15, 0.2) is 5.69 Å². The molecule has 0 bridgehead atoms. The Kier molecular flexibility index (Phi) is 4.05. The van der Waals surface area contributed by atoms with Crippen molar-refractivity contribution in [3.63, 3.8) is 0 Å². The number of hydrogen-bond donors (Lipinski definition) is 2. The summed E-state index contributed by atoms with van der Waals surface area (Å²) in [5.74, 6) is -1.36. The lowest BCUT2D eigenvalue weighted by molar-refractivity contribution is -0.122. The monoisotopic (exact) mass is 363 g/mol. The number of hydrogen-bond acceptors (Lipinski definition) is 4. The van der Waals surface area contributed by atoms with Crippen molar-refractivity contribution >= 4 is 34.1 Å². The summed E-state index contributed by atoms with van der Waals surface area (Å²) < 4.78 is 13.1. The van der Waals surface area contributed by atoms with Crippen LogP contribution in [0.1, 0.15) is 12.1 Å². The number of nitrogens with one attached hydrogen (secondary N) is 2. The van der Waals surface area contributed by atoms with Crippen molar-refractivity contribution in [2.24, 2.45) is 5.92 Å². The van der Waals surface area contributed by atoms with Gasteiger partial charge in [-0.15, -0.1) is 0 Å². The normalized spacial score (nSPS) is 16.5. The molecule has 1 aromatic heterocycles. The molecule has 0 spiro atoms. The molecule has 1 unspecified atom stereocenters. The number of carbonyl (C=O) groups is 2. The van der Waals surface area contributed by atoms with E-state index in [9.17, 15) is 14.0 Å². The van der Waals surface area contributed by atoms with Crippen LogP contribution >= 0.6 is 0 Å². The largest absolute Gasteiger partial charge is 0.326 e. The minimum Gasteiger partial charge on any atom is -0.326 e. The van der Waals surface area contributed by atoms with Gasteiger partial charge in [0.05, 0.1) is 11.4 Å². The molecule has 1 aliphatic rings. The van der Waals surface area contributed by atoms with Gasteiger partial charge in [-0.3, -0.25) is 14.7 Å². The van der Waals surface area contributed by atoms with Gasteiger partial charge in [-0.05, 0) is 42.5 Å². The predicted molar refractivity (Wildman–Crippen MR) is 96.3 cm³/mol. The third-order valence-corrected chi connectivity index (χ3v) is 4.57. The highest BCUT2D eigenvalue weighted by Crippen LogP contribution is 2.27. The summed E-state index contributed by atoms with van der Waals surface area (Å²) in [4.78, 5) is 26.3. The van der Waals surface area contributed by atoms with Gasteiger partial charge in [-0.2, -0.15) is 10.4 Å². The number of rotatable bonds is 3. The molecule has 2 aromatic carbocycles. The fourth-order valence-electron chi connectivity index (χ4n) is 3.18. The van der Waals surface area contributed by atoms with Crippen LogP contribution < -0.4 is 10.2 Å². The average molecular weight is 363 g/mol. The molecule has 1 atom stereocenters. The molecule has 8 heteroatoms. The summed E-state index contributed by atoms with van der Waals surface area (Å²) in [7, 11) is 0. The highest BCUT2D eigenvalue weighted by molar-refractivity contribution is 6.04. The van der Waals surface area contributed by atoms with Crippen molar-refractivity contribution in [1.29, 1.82) is 5.26 Å². The number of carbonyl (C=O) groups excluding carboxylic acids is 2. The molecule has 0 radical (unpaired) electrons. The van der Waals surface area contributed by atoms with Crippen LogP contribution in [0, 0.1) is 23.1 Å². The number of halogens is 1. The number of amides is 2. The van der Waals surface area contributed by atoms with E-state index in [1.54, 1.807) is 18.2 Å². The number of aromatic nitrogens is 2. The van der Waals surface area contributed by atoms with E-state index in [0.29, 0.717) is 22.3 Å². The van der Waals surface area contributed by atoms with Gasteiger partial charge in [-0.25, -0.2) is 4.39 Å². The minimum atomic E-state index is -0.516. The van der Waals surface area contributed by atoms with Gasteiger partial charge < -0.3 is 10.2 Å². The summed E-state index contributed by atoms with van der Waals surface area (Å²) in [6, 6.07) is 12.7. The lowest BCUT2D eigenvalue weighted by atomic mass is 10.1. The van der Waals surface area contributed by atoms with Crippen molar-refractivity contribution in [2.45, 2.75) is 6.42 Å². The van der Waals surface area contributed by atoms with Gasteiger partial charge in [0.1, 0.15) is 11.9 Å². The third-order valence-electron chi connectivity index (χ3n) is 4.57. The van der Waals surface area contributed by atoms with Crippen LogP contribution in [-0.4, -0.2) is 28.6 Å². The number of anilines is 2. The number of nitrogens with zero attached hydrogens (tertiary/aromatic N) is 3. The number of benzene rings is 2. The van der Waals surface area contributed by atoms with Crippen LogP contribution in [0.5, 0.6) is 0 Å². The average Bonchev–Trinajstić information content (AvgIpc) is 3.25. The zero-order chi connectivity index (χ0) is 19.0. The molecule has 2 N–H and O–H groups in total. The standard InChI is InChI=1S/C19H14FN5O2/c20-12-1-4-14(5-2-12)25-10-11(7-18(25)26)19(27)22-13-3-6-16-15(8-13)17(9-21)24-23-16/h1-6,8,11H,7,10H2,(H,22,27)(H,23,24). The first-order chi connectivity index (χ1) is 13.0. The Hall–Kier alpha value is -3.73. The van der Waals surface area contributed by atoms with Crippen molar-refractivity contribution in [1.82, 2.24) is 10.2 Å². The highest BCUT2D eigenvalue weighted by atomic mass is 19.1. The first kappa shape index (κ1) is 16.7. The van der Waals surface area contributed by atoms with E-state index >= 15 is 0 Å². The van der Waals surface area contributed by atoms with Crippen LogP contribution in [0.3, 0.4) is 0 Å². The number of nitriles is 1. The van der Waals surface area contributed by atoms with Gasteiger partial charge in [0.25, 0.3) is 0 Å². The van der Waals surface area contributed by atoms with Crippen molar-refractivity contribution in [3.8, 4) is 6.07 Å². The van der Waals surface area contributed by atoms with E-state index in [-0.39, 0.29) is 36.3 Å². The Morgan fingerprint density at radius 3 is 2.81 bits per heavy atom. The highest BCUT2D eigenvalue weighted by Gasteiger charge is 2.35. The lowest BCUT2D eigenvalue weighted by Crippen LogP contribution is -2.28. The molecule has 2 heterocycles. The summed E-state index contributed by atoms with van der Waals surface area (Å²) >= 11 is 0. The van der Waals surface area contributed by atoms with E-state index in [4.69, 9.17) is 5.26 Å². The molecule has 7 nitrogen and oxygen atoms in total. The van der Waals surface area contributed by atoms with Gasteiger partial charge in [-0.1, -0.05) is 0 Å². The molecule has 2 amide bonds. The van der Waals surface area contributed by atoms with Crippen molar-refractivity contribution in [3.05, 3.63) is 54.0 Å². The molecule has 1 fully saturated rings. The first-order valence-electron chi connectivity index (χ1n) is 8.30. The summed E-state index contributed by atoms with van der Waals surface area (Å²) in [5.41, 5.74) is 2.04. The lowest BCUT2D eigenvalue weighted by Gasteiger charge is -2.16. The summed E-state index contributed by atoms with van der Waals surface area (Å²) in [6.07, 6.45) is 0.0839. The molecular formula is C19H14FN5O2. The van der Waals surface area contributed by atoms with Gasteiger partial charge >= 0.3 is 0 Å². The van der Waals surface area contributed by atoms with E-state index < -0.39 is 5.92 Å². The van der Waals surface area contributed by atoms with E-state index in [1.807, 2.05) is 6.07 Å². The maximum Gasteiger partial charge on any atom is 0.229 e. The Balaban J connectivity index is 1.50. The zero-order valence-corrected chi connectivity index (χ0v) is 14.1. The molecular weight excluding hydrogens is 349 g/mol. The quantitative estimate of drug-likeness (QED) is 0.746. The fraction of sp³-hybridized carbons (Fsp3) is 0.158. The van der Waals surface area contributed by atoms with E-state index in [2.05, 4.69) is 15.5 Å². The fourth-order valence-corrected chi connectivity index (χ4v) is 3.18. The molecule has 0 saturated carbocycles. The van der Waals surface area contributed by atoms with E-state index in [0.717, 1.165) is 0 Å². The van der Waals surface area contributed by atoms with E-state index in [1.165, 1.54) is 29.2 Å². The maximum absolute atomic E-state index is 13.1. The Morgan fingerprint density at radius 2 is 2.07 bits per heavy atom. The molecule has 27 heavy (non-hydrogen) atoms. The summed E-state index contributed by atoms with van der Waals surface area (Å²) in [5, 5.41) is 19.1. The number of aromatic amines is 1. The van der Waals surface area contributed by atoms with Crippen molar-refractivity contribution < 1.29 is 14.0 Å². The minimum absolute atomic E-state index is 0.0839. The molecule has 0 aliphatic carbocycles. The Labute approximate surface area is 153 Å². The second kappa shape index (κ2) is 6.53. The predicted octanol–water partition coefficient (Wildman–Crippen LogP) is 2.57. The van der Waals surface area contributed by atoms with Crippen LogP contribution in [-0.2, 0) is 9.59 Å². The van der Waals surface area contributed by atoms with Gasteiger partial charge in [0.2, 0.25) is 11.8 Å². The van der Waals surface area contributed by atoms with Crippen LogP contribution in [0.15, 0.2) is 42.5 Å². The number of H-pyrrole nitrogens is 1. The summed E-state index contributed by atoms with van der Waals surface area (Å²) in [6.45, 7) is 0.230. The molecule has 1 aliphatic heterocycles. The molecule has 3 aromatic rings. The van der Waals surface area contributed by atoms with Crippen LogP contribution in [0.25, 0.3) is 10.9 Å². The Morgan fingerprint density at radius 1 is 1.30 bits per heavy atom. The smallest absolute Gasteiger partial charge is 0.229 e. The van der Waals surface area contributed by atoms with Crippen molar-refractivity contribution in [2.75, 3.05) is 16.8 Å². The molecule has 4 rings (SSSR count). The third kappa shape index (κ3) is 3.11. The Bertz CT molecular complexity index is 1080.